The Morgan fingerprint density at radius 2 is 1.75 bits per heavy atom. The van der Waals surface area contributed by atoms with Crippen LogP contribution in [-0.2, 0) is 0 Å². The highest BCUT2D eigenvalue weighted by atomic mass is 79.9. The van der Waals surface area contributed by atoms with Crippen LogP contribution in [0.25, 0.3) is 0 Å². The minimum atomic E-state index is -0.635. The van der Waals surface area contributed by atoms with Crippen LogP contribution in [0.2, 0.25) is 10.0 Å². The molecule has 0 aliphatic rings. The van der Waals surface area contributed by atoms with Crippen LogP contribution in [0.3, 0.4) is 0 Å². The number of amides is 1. The Labute approximate surface area is 141 Å². The summed E-state index contributed by atoms with van der Waals surface area (Å²) in [4.78, 5) is 12.1. The zero-order valence-electron chi connectivity index (χ0n) is 9.68. The quantitative estimate of drug-likeness (QED) is 0.577. The molecule has 7 heteroatoms. The molecule has 0 unspecified atom stereocenters. The molecule has 2 rings (SSSR count). The van der Waals surface area contributed by atoms with E-state index in [-0.39, 0.29) is 20.1 Å². The third-order valence-corrected chi connectivity index (χ3v) is 4.86. The minimum absolute atomic E-state index is 0.0884. The molecule has 0 aromatic heterocycles. The zero-order valence-corrected chi connectivity index (χ0v) is 14.4. The van der Waals surface area contributed by atoms with Crippen molar-refractivity contribution in [2.45, 2.75) is 0 Å². The van der Waals surface area contributed by atoms with Crippen LogP contribution in [0.15, 0.2) is 39.3 Å². The van der Waals surface area contributed by atoms with E-state index in [1.54, 1.807) is 18.2 Å². The third-order valence-electron chi connectivity index (χ3n) is 2.48. The van der Waals surface area contributed by atoms with Gasteiger partial charge in [-0.1, -0.05) is 29.3 Å². The first-order valence-corrected chi connectivity index (χ1v) is 7.65. The Morgan fingerprint density at radius 1 is 1.05 bits per heavy atom. The number of hydrogen-bond acceptors (Lipinski definition) is 1. The monoisotopic (exact) mass is 439 g/mol. The normalized spacial score (nSPS) is 10.4. The lowest BCUT2D eigenvalue weighted by Crippen LogP contribution is -2.14. The van der Waals surface area contributed by atoms with Gasteiger partial charge in [-0.2, -0.15) is 0 Å². The van der Waals surface area contributed by atoms with E-state index in [1.807, 2.05) is 0 Å². The van der Waals surface area contributed by atoms with Crippen molar-refractivity contribution < 1.29 is 9.18 Å². The van der Waals surface area contributed by atoms with Gasteiger partial charge in [0, 0.05) is 4.47 Å². The van der Waals surface area contributed by atoms with Crippen LogP contribution in [0.5, 0.6) is 0 Å². The van der Waals surface area contributed by atoms with E-state index in [2.05, 4.69) is 37.2 Å². The number of anilines is 1. The lowest BCUT2D eigenvalue weighted by atomic mass is 10.2. The maximum absolute atomic E-state index is 13.8. The zero-order chi connectivity index (χ0) is 14.9. The first-order valence-electron chi connectivity index (χ1n) is 5.30. The first kappa shape index (κ1) is 15.8. The first-order chi connectivity index (χ1) is 9.41. The summed E-state index contributed by atoms with van der Waals surface area (Å²) in [6.45, 7) is 0. The number of carbonyl (C=O) groups is 1. The Hall–Kier alpha value is -0.620. The maximum atomic E-state index is 13.8. The van der Waals surface area contributed by atoms with Crippen molar-refractivity contribution in [2.24, 2.45) is 0 Å². The molecular formula is C13H6Br2Cl2FNO. The summed E-state index contributed by atoms with van der Waals surface area (Å²) < 4.78 is 14.6. The van der Waals surface area contributed by atoms with Crippen LogP contribution >= 0.6 is 55.1 Å². The largest absolute Gasteiger partial charge is 0.320 e. The van der Waals surface area contributed by atoms with Crippen LogP contribution < -0.4 is 5.32 Å². The third kappa shape index (κ3) is 3.17. The van der Waals surface area contributed by atoms with E-state index in [4.69, 9.17) is 23.2 Å². The summed E-state index contributed by atoms with van der Waals surface area (Å²) in [6, 6.07) is 7.67. The molecule has 0 aliphatic carbocycles. The second-order valence-electron chi connectivity index (χ2n) is 3.78. The van der Waals surface area contributed by atoms with Gasteiger partial charge in [0.25, 0.3) is 5.91 Å². The highest BCUT2D eigenvalue weighted by molar-refractivity contribution is 9.10. The molecular weight excluding hydrogens is 436 g/mol. The summed E-state index contributed by atoms with van der Waals surface area (Å²) in [7, 11) is 0. The minimum Gasteiger partial charge on any atom is -0.320 e. The highest BCUT2D eigenvalue weighted by Gasteiger charge is 2.16. The standard InChI is InChI=1S/C13H6Br2Cl2FNO/c14-7-4-5-9(11(17)10(7)16)19-13(20)6-2-1-3-8(15)12(6)18/h1-5H,(H,19,20). The van der Waals surface area contributed by atoms with Gasteiger partial charge in [-0.15, -0.1) is 0 Å². The summed E-state index contributed by atoms with van der Waals surface area (Å²) >= 11 is 18.2. The van der Waals surface area contributed by atoms with Crippen molar-refractivity contribution in [2.75, 3.05) is 5.32 Å². The van der Waals surface area contributed by atoms with Gasteiger partial charge < -0.3 is 5.32 Å². The van der Waals surface area contributed by atoms with Gasteiger partial charge >= 0.3 is 0 Å². The van der Waals surface area contributed by atoms with Gasteiger partial charge in [-0.05, 0) is 56.1 Å². The summed E-state index contributed by atoms with van der Waals surface area (Å²) in [5.74, 6) is -1.24. The number of carbonyl (C=O) groups excluding carboxylic acids is 1. The van der Waals surface area contributed by atoms with Gasteiger partial charge in [0.2, 0.25) is 0 Å². The van der Waals surface area contributed by atoms with E-state index in [9.17, 15) is 9.18 Å². The summed E-state index contributed by atoms with van der Waals surface area (Å²) in [5.41, 5.74) is 0.221. The topological polar surface area (TPSA) is 29.1 Å². The van der Waals surface area contributed by atoms with E-state index in [1.165, 1.54) is 12.1 Å². The molecule has 0 saturated heterocycles. The summed E-state index contributed by atoms with van der Waals surface area (Å²) in [5, 5.41) is 2.99. The molecule has 0 radical (unpaired) electrons. The number of nitrogens with one attached hydrogen (secondary N) is 1. The molecule has 0 bridgehead atoms. The molecule has 1 N–H and O–H groups in total. The van der Waals surface area contributed by atoms with Crippen LogP contribution in [0.4, 0.5) is 10.1 Å². The van der Waals surface area contributed by atoms with Crippen LogP contribution in [-0.4, -0.2) is 5.91 Å². The molecule has 2 aromatic carbocycles. The fraction of sp³-hybridized carbons (Fsp3) is 0. The molecule has 0 spiro atoms. The Balaban J connectivity index is 2.33. The average molecular weight is 442 g/mol. The smallest absolute Gasteiger partial charge is 0.258 e. The van der Waals surface area contributed by atoms with Gasteiger partial charge in [-0.25, -0.2) is 4.39 Å². The Bertz CT molecular complexity index is 694. The van der Waals surface area contributed by atoms with E-state index < -0.39 is 11.7 Å². The van der Waals surface area contributed by atoms with Gasteiger partial charge in [0.1, 0.15) is 5.82 Å². The number of hydrogen-bond donors (Lipinski definition) is 1. The molecule has 2 aromatic rings. The molecule has 0 fully saturated rings. The van der Waals surface area contributed by atoms with Crippen molar-refractivity contribution in [3.63, 3.8) is 0 Å². The van der Waals surface area contributed by atoms with Crippen molar-refractivity contribution in [1.29, 1.82) is 0 Å². The number of benzene rings is 2. The van der Waals surface area contributed by atoms with Crippen molar-refractivity contribution >= 4 is 66.7 Å². The molecule has 1 amide bonds. The fourth-order valence-electron chi connectivity index (χ4n) is 1.49. The SMILES string of the molecule is O=C(Nc1ccc(Br)c(Cl)c1Cl)c1cccc(Br)c1F. The fourth-order valence-corrected chi connectivity index (χ4v) is 2.68. The molecule has 0 aliphatic heterocycles. The molecule has 104 valence electrons. The molecule has 20 heavy (non-hydrogen) atoms. The maximum Gasteiger partial charge on any atom is 0.258 e. The molecule has 2 nitrogen and oxygen atoms in total. The lowest BCUT2D eigenvalue weighted by molar-refractivity contribution is 0.102. The molecule has 0 heterocycles. The predicted octanol–water partition coefficient (Wildman–Crippen LogP) is 5.91. The molecule has 0 saturated carbocycles. The second kappa shape index (κ2) is 6.43. The second-order valence-corrected chi connectivity index (χ2v) is 6.24. The number of rotatable bonds is 2. The average Bonchev–Trinajstić information content (AvgIpc) is 2.42. The predicted molar refractivity (Wildman–Crippen MR) is 86.2 cm³/mol. The molecule has 0 atom stereocenters. The van der Waals surface area contributed by atoms with E-state index in [0.717, 1.165) is 0 Å². The van der Waals surface area contributed by atoms with Crippen molar-refractivity contribution in [3.05, 3.63) is 60.7 Å². The van der Waals surface area contributed by atoms with Gasteiger partial charge in [-0.3, -0.25) is 4.79 Å². The van der Waals surface area contributed by atoms with Gasteiger partial charge in [0.15, 0.2) is 0 Å². The highest BCUT2D eigenvalue weighted by Crippen LogP contribution is 2.36. The van der Waals surface area contributed by atoms with Crippen molar-refractivity contribution in [1.82, 2.24) is 0 Å². The number of halogens is 5. The Morgan fingerprint density at radius 3 is 2.45 bits per heavy atom. The summed E-state index contributed by atoms with van der Waals surface area (Å²) in [6.07, 6.45) is 0. The van der Waals surface area contributed by atoms with Crippen molar-refractivity contribution in [3.8, 4) is 0 Å². The van der Waals surface area contributed by atoms with Crippen LogP contribution in [0, 0.1) is 5.82 Å². The van der Waals surface area contributed by atoms with E-state index in [0.29, 0.717) is 10.2 Å². The Kier molecular flexibility index (Phi) is 5.07. The van der Waals surface area contributed by atoms with E-state index >= 15 is 0 Å². The lowest BCUT2D eigenvalue weighted by Gasteiger charge is -2.10. The van der Waals surface area contributed by atoms with Crippen LogP contribution in [0.1, 0.15) is 10.4 Å². The van der Waals surface area contributed by atoms with Gasteiger partial charge in [0.05, 0.1) is 25.8 Å².